The Morgan fingerprint density at radius 1 is 0.938 bits per heavy atom. The smallest absolute Gasteiger partial charge is 0.0680 e. The molecule has 0 N–H and O–H groups in total. The van der Waals surface area contributed by atoms with E-state index >= 15 is 0 Å². The van der Waals surface area contributed by atoms with Gasteiger partial charge in [-0.15, -0.1) is 0 Å². The second-order valence-electron chi connectivity index (χ2n) is 4.25. The Labute approximate surface area is 93.7 Å². The Morgan fingerprint density at radius 3 is 1.88 bits per heavy atom. The van der Waals surface area contributed by atoms with Crippen LogP contribution in [0.15, 0.2) is 36.9 Å². The van der Waals surface area contributed by atoms with Gasteiger partial charge in [0.1, 0.15) is 0 Å². The van der Waals surface area contributed by atoms with Crippen LogP contribution in [0.3, 0.4) is 0 Å². The summed E-state index contributed by atoms with van der Waals surface area (Å²) >= 11 is 0. The van der Waals surface area contributed by atoms with Gasteiger partial charge in [-0.2, -0.15) is 0 Å². The molecule has 16 heavy (non-hydrogen) atoms. The molecule has 0 radical (unpaired) electrons. The molecule has 0 bridgehead atoms. The van der Waals surface area contributed by atoms with Gasteiger partial charge in [-0.1, -0.05) is 0 Å². The van der Waals surface area contributed by atoms with Crippen LogP contribution < -0.4 is 0 Å². The van der Waals surface area contributed by atoms with E-state index in [9.17, 15) is 0 Å². The minimum absolute atomic E-state index is 0.411. The van der Waals surface area contributed by atoms with E-state index in [0.29, 0.717) is 6.04 Å². The largest absolute Gasteiger partial charge is 0.335 e. The predicted octanol–water partition coefficient (Wildman–Crippen LogP) is 3.17. The Kier molecular flexibility index (Phi) is 1.93. The molecule has 3 rings (SSSR count). The van der Waals surface area contributed by atoms with Crippen molar-refractivity contribution in [2.45, 2.75) is 19.9 Å². The maximum absolute atomic E-state index is 4.21. The molecule has 0 aliphatic carbocycles. The average molecular weight is 211 g/mol. The van der Waals surface area contributed by atoms with Crippen LogP contribution in [0.4, 0.5) is 0 Å². The number of pyridine rings is 2. The molecule has 0 unspecified atom stereocenters. The molecule has 0 spiro atoms. The number of hydrogen-bond acceptors (Lipinski definition) is 2. The van der Waals surface area contributed by atoms with Crippen LogP contribution in [0.1, 0.15) is 19.9 Å². The molecule has 3 aromatic rings. The van der Waals surface area contributed by atoms with Crippen molar-refractivity contribution in [2.75, 3.05) is 0 Å². The minimum atomic E-state index is 0.411. The lowest BCUT2D eigenvalue weighted by molar-refractivity contribution is 0.641. The number of rotatable bonds is 1. The van der Waals surface area contributed by atoms with E-state index in [-0.39, 0.29) is 0 Å². The summed E-state index contributed by atoms with van der Waals surface area (Å²) < 4.78 is 2.28. The highest BCUT2D eigenvalue weighted by molar-refractivity contribution is 6.07. The number of hydrogen-bond donors (Lipinski definition) is 0. The predicted molar refractivity (Wildman–Crippen MR) is 65.4 cm³/mol. The first kappa shape index (κ1) is 9.33. The van der Waals surface area contributed by atoms with Crippen molar-refractivity contribution in [3.8, 4) is 0 Å². The summed E-state index contributed by atoms with van der Waals surface area (Å²) in [5, 5.41) is 2.50. The maximum Gasteiger partial charge on any atom is 0.0680 e. The van der Waals surface area contributed by atoms with E-state index in [1.165, 1.54) is 21.8 Å². The van der Waals surface area contributed by atoms with Crippen LogP contribution in [-0.4, -0.2) is 14.5 Å². The third-order valence-electron chi connectivity index (χ3n) is 2.93. The molecular formula is C13H13N3. The summed E-state index contributed by atoms with van der Waals surface area (Å²) in [4.78, 5) is 8.42. The molecule has 3 heteroatoms. The molecular weight excluding hydrogens is 198 g/mol. The molecule has 0 aliphatic heterocycles. The first-order chi connectivity index (χ1) is 7.79. The van der Waals surface area contributed by atoms with E-state index in [1.807, 2.05) is 24.8 Å². The Bertz CT molecular complexity index is 599. The van der Waals surface area contributed by atoms with Crippen LogP contribution in [0.5, 0.6) is 0 Å². The van der Waals surface area contributed by atoms with E-state index in [4.69, 9.17) is 0 Å². The molecule has 3 aromatic heterocycles. The van der Waals surface area contributed by atoms with Gasteiger partial charge in [0.25, 0.3) is 0 Å². The van der Waals surface area contributed by atoms with Crippen molar-refractivity contribution < 1.29 is 0 Å². The van der Waals surface area contributed by atoms with Crippen molar-refractivity contribution in [3.05, 3.63) is 36.9 Å². The topological polar surface area (TPSA) is 30.7 Å². The Hall–Kier alpha value is -1.90. The molecule has 0 saturated carbocycles. The monoisotopic (exact) mass is 211 g/mol. The summed E-state index contributed by atoms with van der Waals surface area (Å²) in [6, 6.07) is 4.54. The highest BCUT2D eigenvalue weighted by Gasteiger charge is 2.11. The lowest BCUT2D eigenvalue weighted by atomic mass is 10.2. The number of fused-ring (bicyclic) bond motifs is 3. The zero-order valence-corrected chi connectivity index (χ0v) is 9.38. The van der Waals surface area contributed by atoms with Gasteiger partial charge in [-0.3, -0.25) is 9.97 Å². The molecule has 0 saturated heterocycles. The van der Waals surface area contributed by atoms with Crippen LogP contribution in [-0.2, 0) is 0 Å². The molecule has 0 atom stereocenters. The van der Waals surface area contributed by atoms with Crippen LogP contribution in [0.2, 0.25) is 0 Å². The summed E-state index contributed by atoms with van der Waals surface area (Å²) in [6.45, 7) is 4.36. The number of aromatic nitrogens is 3. The van der Waals surface area contributed by atoms with Gasteiger partial charge >= 0.3 is 0 Å². The molecule has 0 fully saturated rings. The standard InChI is InChI=1S/C13H13N3/c1-9(2)16-12-7-14-5-3-10(12)11-4-6-15-8-13(11)16/h3-9H,1-2H3. The van der Waals surface area contributed by atoms with E-state index in [2.05, 4.69) is 40.5 Å². The Balaban J connectivity index is 2.59. The summed E-state index contributed by atoms with van der Waals surface area (Å²) in [5.41, 5.74) is 2.36. The first-order valence-electron chi connectivity index (χ1n) is 5.46. The minimum Gasteiger partial charge on any atom is -0.335 e. The van der Waals surface area contributed by atoms with Crippen molar-refractivity contribution in [3.63, 3.8) is 0 Å². The van der Waals surface area contributed by atoms with Gasteiger partial charge in [0.15, 0.2) is 0 Å². The average Bonchev–Trinajstić information content (AvgIpc) is 2.63. The third-order valence-corrected chi connectivity index (χ3v) is 2.93. The van der Waals surface area contributed by atoms with Gasteiger partial charge in [0.2, 0.25) is 0 Å². The third kappa shape index (κ3) is 1.14. The second kappa shape index (κ2) is 3.30. The molecule has 80 valence electrons. The quantitative estimate of drug-likeness (QED) is 0.619. The lowest BCUT2D eigenvalue weighted by Gasteiger charge is -2.10. The first-order valence-corrected chi connectivity index (χ1v) is 5.46. The molecule has 0 aliphatic rings. The van der Waals surface area contributed by atoms with Gasteiger partial charge in [-0.25, -0.2) is 0 Å². The zero-order valence-electron chi connectivity index (χ0n) is 9.38. The molecule has 0 aromatic carbocycles. The normalized spacial score (nSPS) is 11.7. The van der Waals surface area contributed by atoms with Crippen molar-refractivity contribution in [1.29, 1.82) is 0 Å². The van der Waals surface area contributed by atoms with Gasteiger partial charge in [-0.05, 0) is 26.0 Å². The SMILES string of the molecule is CC(C)n1c2cnccc2c2ccncc21. The van der Waals surface area contributed by atoms with Gasteiger partial charge in [0.05, 0.1) is 23.4 Å². The second-order valence-corrected chi connectivity index (χ2v) is 4.25. The van der Waals surface area contributed by atoms with E-state index in [0.717, 1.165) is 0 Å². The maximum atomic E-state index is 4.21. The fraction of sp³-hybridized carbons (Fsp3) is 0.231. The van der Waals surface area contributed by atoms with Crippen molar-refractivity contribution in [1.82, 2.24) is 14.5 Å². The molecule has 3 heterocycles. The van der Waals surface area contributed by atoms with E-state index < -0.39 is 0 Å². The Morgan fingerprint density at radius 2 is 1.44 bits per heavy atom. The highest BCUT2D eigenvalue weighted by Crippen LogP contribution is 2.30. The molecule has 0 amide bonds. The van der Waals surface area contributed by atoms with Gasteiger partial charge in [0, 0.05) is 29.2 Å². The summed E-state index contributed by atoms with van der Waals surface area (Å²) in [6.07, 6.45) is 7.53. The van der Waals surface area contributed by atoms with Crippen molar-refractivity contribution in [2.24, 2.45) is 0 Å². The summed E-state index contributed by atoms with van der Waals surface area (Å²) in [5.74, 6) is 0. The zero-order chi connectivity index (χ0) is 11.1. The van der Waals surface area contributed by atoms with Crippen LogP contribution in [0, 0.1) is 0 Å². The molecule has 3 nitrogen and oxygen atoms in total. The van der Waals surface area contributed by atoms with E-state index in [1.54, 1.807) is 0 Å². The number of nitrogens with zero attached hydrogens (tertiary/aromatic N) is 3. The van der Waals surface area contributed by atoms with Crippen LogP contribution >= 0.6 is 0 Å². The fourth-order valence-electron chi connectivity index (χ4n) is 2.30. The summed E-state index contributed by atoms with van der Waals surface area (Å²) in [7, 11) is 0. The van der Waals surface area contributed by atoms with Gasteiger partial charge < -0.3 is 4.57 Å². The highest BCUT2D eigenvalue weighted by atomic mass is 15.0. The fourth-order valence-corrected chi connectivity index (χ4v) is 2.30. The lowest BCUT2D eigenvalue weighted by Crippen LogP contribution is -1.99. The van der Waals surface area contributed by atoms with Crippen LogP contribution in [0.25, 0.3) is 21.8 Å². The van der Waals surface area contributed by atoms with Crippen molar-refractivity contribution >= 4 is 21.8 Å².